The minimum absolute atomic E-state index is 0.348. The first-order chi connectivity index (χ1) is 12.0. The molecule has 1 amide bonds. The molecule has 25 heavy (non-hydrogen) atoms. The van der Waals surface area contributed by atoms with Crippen molar-refractivity contribution in [3.8, 4) is 5.75 Å². The van der Waals surface area contributed by atoms with E-state index in [1.54, 1.807) is 36.4 Å². The minimum atomic E-state index is -0.909. The van der Waals surface area contributed by atoms with E-state index >= 15 is 0 Å². The summed E-state index contributed by atoms with van der Waals surface area (Å²) in [6.45, 7) is 6.19. The molecule has 0 aliphatic rings. The lowest BCUT2D eigenvalue weighted by Gasteiger charge is -2.14. The molecule has 0 unspecified atom stereocenters. The van der Waals surface area contributed by atoms with Crippen molar-refractivity contribution in [2.75, 3.05) is 11.9 Å². The second-order valence-corrected chi connectivity index (χ2v) is 6.14. The van der Waals surface area contributed by atoms with Crippen molar-refractivity contribution >= 4 is 17.6 Å². The summed E-state index contributed by atoms with van der Waals surface area (Å²) in [5, 5.41) is 2.70. The van der Waals surface area contributed by atoms with Crippen molar-refractivity contribution in [1.29, 1.82) is 0 Å². The molecule has 5 nitrogen and oxygen atoms in total. The van der Waals surface area contributed by atoms with Gasteiger partial charge in [0.2, 0.25) is 0 Å². The van der Waals surface area contributed by atoms with Gasteiger partial charge in [-0.05, 0) is 43.2 Å². The van der Waals surface area contributed by atoms with Crippen LogP contribution in [0.25, 0.3) is 0 Å². The first-order valence-corrected chi connectivity index (χ1v) is 8.25. The van der Waals surface area contributed by atoms with E-state index in [2.05, 4.69) is 5.32 Å². The van der Waals surface area contributed by atoms with Gasteiger partial charge in [-0.25, -0.2) is 4.79 Å². The van der Waals surface area contributed by atoms with Crippen LogP contribution in [0.2, 0.25) is 0 Å². The van der Waals surface area contributed by atoms with Gasteiger partial charge in [-0.3, -0.25) is 4.79 Å². The van der Waals surface area contributed by atoms with Crippen molar-refractivity contribution < 1.29 is 19.1 Å². The molecule has 0 bridgehead atoms. The number of rotatable bonds is 7. The van der Waals surface area contributed by atoms with Gasteiger partial charge in [-0.15, -0.1) is 0 Å². The van der Waals surface area contributed by atoms with E-state index in [1.807, 2.05) is 32.0 Å². The molecule has 0 aliphatic heterocycles. The van der Waals surface area contributed by atoms with Gasteiger partial charge < -0.3 is 14.8 Å². The Bertz CT molecular complexity index is 713. The SMILES string of the molecule is CC(C)COc1cccc(C(=O)O[C@@H](C)C(=O)Nc2ccccc2)c1. The Morgan fingerprint density at radius 2 is 1.72 bits per heavy atom. The van der Waals surface area contributed by atoms with Crippen LogP contribution in [0.1, 0.15) is 31.1 Å². The number of hydrogen-bond donors (Lipinski definition) is 1. The maximum atomic E-state index is 12.2. The van der Waals surface area contributed by atoms with Crippen molar-refractivity contribution in [3.05, 3.63) is 60.2 Å². The summed E-state index contributed by atoms with van der Waals surface area (Å²) in [6.07, 6.45) is -0.909. The van der Waals surface area contributed by atoms with Crippen LogP contribution in [0.4, 0.5) is 5.69 Å². The number of hydrogen-bond acceptors (Lipinski definition) is 4. The van der Waals surface area contributed by atoms with Gasteiger partial charge >= 0.3 is 5.97 Å². The highest BCUT2D eigenvalue weighted by Crippen LogP contribution is 2.16. The predicted molar refractivity (Wildman–Crippen MR) is 96.7 cm³/mol. The third-order valence-electron chi connectivity index (χ3n) is 3.35. The summed E-state index contributed by atoms with van der Waals surface area (Å²) < 4.78 is 10.8. The van der Waals surface area contributed by atoms with Crippen LogP contribution in [-0.2, 0) is 9.53 Å². The van der Waals surface area contributed by atoms with Gasteiger partial charge in [0, 0.05) is 5.69 Å². The molecule has 0 aromatic heterocycles. The zero-order valence-electron chi connectivity index (χ0n) is 14.7. The number of amides is 1. The average molecular weight is 341 g/mol. The molecular weight excluding hydrogens is 318 g/mol. The molecule has 2 aromatic carbocycles. The minimum Gasteiger partial charge on any atom is -0.493 e. The van der Waals surface area contributed by atoms with Crippen molar-refractivity contribution in [2.24, 2.45) is 5.92 Å². The zero-order valence-corrected chi connectivity index (χ0v) is 14.7. The lowest BCUT2D eigenvalue weighted by atomic mass is 10.2. The molecule has 132 valence electrons. The molecule has 0 radical (unpaired) electrons. The monoisotopic (exact) mass is 341 g/mol. The molecule has 1 N–H and O–H groups in total. The van der Waals surface area contributed by atoms with Crippen LogP contribution < -0.4 is 10.1 Å². The fraction of sp³-hybridized carbons (Fsp3) is 0.300. The second-order valence-electron chi connectivity index (χ2n) is 6.14. The van der Waals surface area contributed by atoms with Crippen LogP contribution in [-0.4, -0.2) is 24.6 Å². The highest BCUT2D eigenvalue weighted by atomic mass is 16.5. The normalized spacial score (nSPS) is 11.7. The number of carbonyl (C=O) groups is 2. The quantitative estimate of drug-likeness (QED) is 0.776. The van der Waals surface area contributed by atoms with Crippen molar-refractivity contribution in [3.63, 3.8) is 0 Å². The summed E-state index contributed by atoms with van der Waals surface area (Å²) in [6, 6.07) is 15.8. The molecule has 0 saturated heterocycles. The van der Waals surface area contributed by atoms with E-state index < -0.39 is 12.1 Å². The molecular formula is C20H23NO4. The topological polar surface area (TPSA) is 64.6 Å². The summed E-state index contributed by atoms with van der Waals surface area (Å²) in [7, 11) is 0. The maximum Gasteiger partial charge on any atom is 0.339 e. The Balaban J connectivity index is 1.94. The van der Waals surface area contributed by atoms with Crippen LogP contribution in [0.5, 0.6) is 5.75 Å². The molecule has 0 fully saturated rings. The number of anilines is 1. The Morgan fingerprint density at radius 1 is 1.00 bits per heavy atom. The van der Waals surface area contributed by atoms with Gasteiger partial charge in [-0.2, -0.15) is 0 Å². The number of benzene rings is 2. The van der Waals surface area contributed by atoms with Crippen LogP contribution in [0.15, 0.2) is 54.6 Å². The molecule has 0 saturated carbocycles. The van der Waals surface area contributed by atoms with Crippen LogP contribution in [0, 0.1) is 5.92 Å². The predicted octanol–water partition coefficient (Wildman–Crippen LogP) is 3.91. The highest BCUT2D eigenvalue weighted by molar-refractivity contribution is 5.97. The Hall–Kier alpha value is -2.82. The standard InChI is InChI=1S/C20H23NO4/c1-14(2)13-24-18-11-7-8-16(12-18)20(23)25-15(3)19(22)21-17-9-5-4-6-10-17/h4-12,14-15H,13H2,1-3H3,(H,21,22)/t15-/m0/s1. The van der Waals surface area contributed by atoms with Crippen LogP contribution in [0.3, 0.4) is 0 Å². The second kappa shape index (κ2) is 8.87. The average Bonchev–Trinajstić information content (AvgIpc) is 2.61. The molecule has 0 heterocycles. The summed E-state index contributed by atoms with van der Waals surface area (Å²) in [5.74, 6) is 0.0410. The van der Waals surface area contributed by atoms with Crippen molar-refractivity contribution in [2.45, 2.75) is 26.9 Å². The van der Waals surface area contributed by atoms with E-state index in [0.717, 1.165) is 0 Å². The third kappa shape index (κ3) is 5.95. The number of carbonyl (C=O) groups excluding carboxylic acids is 2. The Morgan fingerprint density at radius 3 is 2.40 bits per heavy atom. The Labute approximate surface area is 148 Å². The zero-order chi connectivity index (χ0) is 18.2. The fourth-order valence-electron chi connectivity index (χ4n) is 2.02. The van der Waals surface area contributed by atoms with E-state index in [0.29, 0.717) is 29.5 Å². The Kier molecular flexibility index (Phi) is 6.57. The smallest absolute Gasteiger partial charge is 0.339 e. The number of para-hydroxylation sites is 1. The number of nitrogens with one attached hydrogen (secondary N) is 1. The largest absolute Gasteiger partial charge is 0.493 e. The van der Waals surface area contributed by atoms with Gasteiger partial charge in [0.25, 0.3) is 5.91 Å². The molecule has 0 aliphatic carbocycles. The van der Waals surface area contributed by atoms with Gasteiger partial charge in [0.05, 0.1) is 12.2 Å². The number of esters is 1. The van der Waals surface area contributed by atoms with E-state index in [9.17, 15) is 9.59 Å². The van der Waals surface area contributed by atoms with Gasteiger partial charge in [0.15, 0.2) is 6.10 Å². The van der Waals surface area contributed by atoms with E-state index in [4.69, 9.17) is 9.47 Å². The van der Waals surface area contributed by atoms with Crippen LogP contribution >= 0.6 is 0 Å². The van der Waals surface area contributed by atoms with Gasteiger partial charge in [0.1, 0.15) is 5.75 Å². The molecule has 2 aromatic rings. The fourth-order valence-corrected chi connectivity index (χ4v) is 2.02. The number of ether oxygens (including phenoxy) is 2. The van der Waals surface area contributed by atoms with E-state index in [-0.39, 0.29) is 5.91 Å². The van der Waals surface area contributed by atoms with Gasteiger partial charge in [-0.1, -0.05) is 38.1 Å². The van der Waals surface area contributed by atoms with E-state index in [1.165, 1.54) is 6.92 Å². The lowest BCUT2D eigenvalue weighted by Crippen LogP contribution is -2.30. The molecule has 5 heteroatoms. The first kappa shape index (κ1) is 18.5. The first-order valence-electron chi connectivity index (χ1n) is 8.25. The molecule has 1 atom stereocenters. The molecule has 0 spiro atoms. The van der Waals surface area contributed by atoms with Crippen molar-refractivity contribution in [1.82, 2.24) is 0 Å². The molecule has 2 rings (SSSR count). The maximum absolute atomic E-state index is 12.2. The summed E-state index contributed by atoms with van der Waals surface area (Å²) >= 11 is 0. The summed E-state index contributed by atoms with van der Waals surface area (Å²) in [4.78, 5) is 24.4. The third-order valence-corrected chi connectivity index (χ3v) is 3.35. The lowest BCUT2D eigenvalue weighted by molar-refractivity contribution is -0.123. The summed E-state index contributed by atoms with van der Waals surface area (Å²) in [5.41, 5.74) is 1.00. The highest BCUT2D eigenvalue weighted by Gasteiger charge is 2.19.